The highest BCUT2D eigenvalue weighted by atomic mass is 14.9. The monoisotopic (exact) mass is 831 g/mol. The largest absolute Gasteiger partial charge is 0.289 e. The molecule has 6 unspecified atom stereocenters. The van der Waals surface area contributed by atoms with Crippen LogP contribution < -0.4 is 0 Å². The first-order valence-corrected chi connectivity index (χ1v) is 24.1. The van der Waals surface area contributed by atoms with Gasteiger partial charge in [0.15, 0.2) is 5.82 Å². The lowest BCUT2D eigenvalue weighted by molar-refractivity contribution is 0.178. The van der Waals surface area contributed by atoms with Crippen molar-refractivity contribution in [1.29, 1.82) is 5.26 Å². The van der Waals surface area contributed by atoms with Gasteiger partial charge >= 0.3 is 0 Å². The highest BCUT2D eigenvalue weighted by Gasteiger charge is 2.34. The van der Waals surface area contributed by atoms with Gasteiger partial charge in [-0.1, -0.05) is 161 Å². The second kappa shape index (κ2) is 21.1. The van der Waals surface area contributed by atoms with Crippen LogP contribution in [0.3, 0.4) is 0 Å². The van der Waals surface area contributed by atoms with Crippen LogP contribution in [-0.4, -0.2) is 22.2 Å². The van der Waals surface area contributed by atoms with E-state index in [2.05, 4.69) is 161 Å². The van der Waals surface area contributed by atoms with Gasteiger partial charge < -0.3 is 0 Å². The molecule has 0 spiro atoms. The van der Waals surface area contributed by atoms with Crippen LogP contribution in [0.25, 0.3) is 28.2 Å². The van der Waals surface area contributed by atoms with Gasteiger partial charge in [0, 0.05) is 23.3 Å². The molecule has 2 aromatic carbocycles. The van der Waals surface area contributed by atoms with Gasteiger partial charge in [0.25, 0.3) is 0 Å². The van der Waals surface area contributed by atoms with Crippen molar-refractivity contribution in [1.82, 2.24) is 9.97 Å². The molecule has 4 aliphatic carbocycles. The van der Waals surface area contributed by atoms with Crippen molar-refractivity contribution in [2.24, 2.45) is 40.5 Å². The highest BCUT2D eigenvalue weighted by Crippen LogP contribution is 2.44. The SMILES string of the molecule is CCC(C)C(C1=CC=C(C2=CCC([C@H]3CCC(CCCc4ccc(-c5nc(C6=CCC=CC=C6)cc(-c6ccccc6)n5)cc4)C(CC)C3)=CC(C#N)=C2)CC1)C1N=CC=CC1C. The zero-order chi connectivity index (χ0) is 43.5. The minimum atomic E-state index is 0.311. The molecule has 5 aliphatic rings. The van der Waals surface area contributed by atoms with Crippen molar-refractivity contribution in [2.75, 3.05) is 0 Å². The van der Waals surface area contributed by atoms with Crippen molar-refractivity contribution in [3.05, 3.63) is 173 Å². The van der Waals surface area contributed by atoms with Crippen molar-refractivity contribution < 1.29 is 0 Å². The van der Waals surface area contributed by atoms with Gasteiger partial charge in [-0.2, -0.15) is 5.26 Å². The molecule has 2 heterocycles. The van der Waals surface area contributed by atoms with E-state index in [0.29, 0.717) is 29.7 Å². The fraction of sp³-hybridized carbons (Fsp3) is 0.390. The van der Waals surface area contributed by atoms with E-state index < -0.39 is 0 Å². The number of rotatable bonds is 14. The van der Waals surface area contributed by atoms with E-state index in [-0.39, 0.29) is 0 Å². The quantitative estimate of drug-likeness (QED) is 0.163. The van der Waals surface area contributed by atoms with Crippen molar-refractivity contribution in [3.8, 4) is 28.7 Å². The molecule has 4 heteroatoms. The predicted molar refractivity (Wildman–Crippen MR) is 265 cm³/mol. The zero-order valence-electron chi connectivity index (χ0n) is 38.1. The van der Waals surface area contributed by atoms with Gasteiger partial charge in [-0.15, -0.1) is 0 Å². The number of benzene rings is 2. The molecule has 1 saturated carbocycles. The molecule has 0 bridgehead atoms. The van der Waals surface area contributed by atoms with Crippen LogP contribution in [0.4, 0.5) is 0 Å². The van der Waals surface area contributed by atoms with Gasteiger partial charge in [-0.25, -0.2) is 9.97 Å². The van der Waals surface area contributed by atoms with E-state index in [1.165, 1.54) is 60.8 Å². The molecule has 63 heavy (non-hydrogen) atoms. The number of aryl methyl sites for hydroxylation is 1. The molecular formula is C59H66N4. The summed E-state index contributed by atoms with van der Waals surface area (Å²) in [4.78, 5) is 15.1. The number of hydrogen-bond acceptors (Lipinski definition) is 4. The first kappa shape index (κ1) is 44.0. The molecule has 1 aliphatic heterocycles. The molecule has 7 atom stereocenters. The Morgan fingerprint density at radius 3 is 2.44 bits per heavy atom. The Morgan fingerprint density at radius 2 is 1.68 bits per heavy atom. The summed E-state index contributed by atoms with van der Waals surface area (Å²) in [6, 6.07) is 24.4. The lowest BCUT2D eigenvalue weighted by Crippen LogP contribution is -2.33. The maximum atomic E-state index is 10.3. The Bertz CT molecular complexity index is 2440. The number of allylic oxidation sites excluding steroid dienone is 16. The first-order chi connectivity index (χ1) is 30.9. The minimum Gasteiger partial charge on any atom is -0.289 e. The molecule has 0 N–H and O–H groups in total. The Morgan fingerprint density at radius 1 is 0.841 bits per heavy atom. The zero-order valence-corrected chi connectivity index (χ0v) is 38.1. The number of nitriles is 1. The molecule has 0 amide bonds. The number of aliphatic imine (C=N–C) groups is 1. The number of hydrogen-bond donors (Lipinski definition) is 0. The maximum absolute atomic E-state index is 10.3. The van der Waals surface area contributed by atoms with Gasteiger partial charge in [-0.05, 0) is 140 Å². The van der Waals surface area contributed by atoms with Crippen LogP contribution in [0.15, 0.2) is 166 Å². The molecule has 0 saturated heterocycles. The standard InChI is InChI=1S/C59H66N4/c1-5-41(3)57(58-42(4)16-15-35-61-58)50-30-27-47(28-31-50)52-33-34-53(37-44(36-52)40-60)54-32-29-46(45(6-2)38-54)22-14-17-43-23-25-51(26-24-43)59-62-55(48-18-10-7-8-11-19-48)39-56(63-59)49-20-12-9-13-21-49/h7-10,12-13,15-16,18-21,23-27,30,33,35-37,39,41-42,45-46,54,57-58H,5-6,11,14,17,22,28-29,31-32,34,38H2,1-4H3/t41?,42?,45?,46?,54-,57?,58?/m0/s1. The number of nitrogens with zero attached hydrogens (tertiary/aromatic N) is 4. The third kappa shape index (κ3) is 10.8. The Kier molecular flexibility index (Phi) is 14.8. The van der Waals surface area contributed by atoms with Crippen LogP contribution in [0.5, 0.6) is 0 Å². The van der Waals surface area contributed by atoms with Gasteiger partial charge in [0.2, 0.25) is 0 Å². The lowest BCUT2D eigenvalue weighted by Gasteiger charge is -2.37. The topological polar surface area (TPSA) is 61.9 Å². The van der Waals surface area contributed by atoms with E-state index in [1.807, 2.05) is 12.3 Å². The Labute approximate surface area is 378 Å². The van der Waals surface area contributed by atoms with E-state index in [9.17, 15) is 5.26 Å². The summed E-state index contributed by atoms with van der Waals surface area (Å²) < 4.78 is 0. The summed E-state index contributed by atoms with van der Waals surface area (Å²) in [6.07, 6.45) is 42.3. The Hall–Kier alpha value is -5.66. The minimum absolute atomic E-state index is 0.311. The van der Waals surface area contributed by atoms with E-state index in [4.69, 9.17) is 15.0 Å². The van der Waals surface area contributed by atoms with Crippen LogP contribution in [0.1, 0.15) is 110 Å². The van der Waals surface area contributed by atoms with Gasteiger partial charge in [-0.3, -0.25) is 4.99 Å². The second-order valence-electron chi connectivity index (χ2n) is 18.7. The molecule has 3 aromatic rings. The van der Waals surface area contributed by atoms with Gasteiger partial charge in [0.05, 0.1) is 29.1 Å². The summed E-state index contributed by atoms with van der Waals surface area (Å²) in [6.45, 7) is 9.41. The third-order valence-electron chi connectivity index (χ3n) is 14.8. The molecule has 0 radical (unpaired) electrons. The third-order valence-corrected chi connectivity index (χ3v) is 14.8. The number of dihydropyridines is 1. The summed E-state index contributed by atoms with van der Waals surface area (Å²) in [7, 11) is 0. The predicted octanol–water partition coefficient (Wildman–Crippen LogP) is 15.1. The summed E-state index contributed by atoms with van der Waals surface area (Å²) >= 11 is 0. The average molecular weight is 831 g/mol. The smallest absolute Gasteiger partial charge is 0.160 e. The van der Waals surface area contributed by atoms with E-state index in [0.717, 1.165) is 89.8 Å². The van der Waals surface area contributed by atoms with Crippen molar-refractivity contribution >= 4 is 11.8 Å². The Balaban J connectivity index is 0.881. The summed E-state index contributed by atoms with van der Waals surface area (Å²) in [5.41, 5.74) is 13.0. The molecule has 1 fully saturated rings. The second-order valence-corrected chi connectivity index (χ2v) is 18.7. The molecular weight excluding hydrogens is 765 g/mol. The van der Waals surface area contributed by atoms with E-state index >= 15 is 0 Å². The van der Waals surface area contributed by atoms with Crippen LogP contribution in [0.2, 0.25) is 0 Å². The molecule has 322 valence electrons. The van der Waals surface area contributed by atoms with Gasteiger partial charge in [0.1, 0.15) is 0 Å². The molecule has 8 rings (SSSR count). The van der Waals surface area contributed by atoms with Crippen LogP contribution in [-0.2, 0) is 6.42 Å². The highest BCUT2D eigenvalue weighted by molar-refractivity contribution is 5.77. The molecule has 4 nitrogen and oxygen atoms in total. The fourth-order valence-electron chi connectivity index (χ4n) is 10.9. The lowest BCUT2D eigenvalue weighted by atomic mass is 9.68. The maximum Gasteiger partial charge on any atom is 0.160 e. The number of aromatic nitrogens is 2. The van der Waals surface area contributed by atoms with Crippen molar-refractivity contribution in [3.63, 3.8) is 0 Å². The summed E-state index contributed by atoms with van der Waals surface area (Å²) in [5.74, 6) is 4.30. The van der Waals surface area contributed by atoms with Crippen LogP contribution >= 0.6 is 0 Å². The summed E-state index contributed by atoms with van der Waals surface area (Å²) in [5, 5.41) is 10.3. The fourth-order valence-corrected chi connectivity index (χ4v) is 10.9. The molecule has 1 aromatic heterocycles. The van der Waals surface area contributed by atoms with E-state index in [1.54, 1.807) is 5.57 Å². The first-order valence-electron chi connectivity index (χ1n) is 24.1. The van der Waals surface area contributed by atoms with Crippen LogP contribution in [0, 0.1) is 46.8 Å². The average Bonchev–Trinajstić information content (AvgIpc) is 3.75. The normalized spacial score (nSPS) is 24.4. The van der Waals surface area contributed by atoms with Crippen molar-refractivity contribution in [2.45, 2.75) is 111 Å².